The second-order valence-electron chi connectivity index (χ2n) is 3.30. The Morgan fingerprint density at radius 1 is 1.00 bits per heavy atom. The summed E-state index contributed by atoms with van der Waals surface area (Å²) in [6.45, 7) is 10.8. The zero-order valence-electron chi connectivity index (χ0n) is 7.88. The average molecular weight is 170 g/mol. The smallest absolute Gasteiger partial charge is 0.0745 e. The van der Waals surface area contributed by atoms with Crippen molar-refractivity contribution < 1.29 is 10.2 Å². The topological polar surface area (TPSA) is 40.5 Å². The van der Waals surface area contributed by atoms with Gasteiger partial charge in [0.1, 0.15) is 0 Å². The first-order valence-electron chi connectivity index (χ1n) is 4.12. The van der Waals surface area contributed by atoms with Gasteiger partial charge < -0.3 is 10.2 Å². The molecule has 2 heteroatoms. The molecular weight excluding hydrogens is 152 g/mol. The molecule has 0 fully saturated rings. The van der Waals surface area contributed by atoms with Gasteiger partial charge in [0.15, 0.2) is 0 Å². The van der Waals surface area contributed by atoms with Gasteiger partial charge in [0.2, 0.25) is 0 Å². The fourth-order valence-corrected chi connectivity index (χ4v) is 0.809. The minimum Gasteiger partial charge on any atom is -0.389 e. The Kier molecular flexibility index (Phi) is 4.86. The van der Waals surface area contributed by atoms with E-state index in [0.29, 0.717) is 12.8 Å². The van der Waals surface area contributed by atoms with E-state index in [1.807, 2.05) is 0 Å². The Morgan fingerprint density at radius 3 is 1.42 bits per heavy atom. The summed E-state index contributed by atoms with van der Waals surface area (Å²) in [4.78, 5) is 0. The van der Waals surface area contributed by atoms with Crippen molar-refractivity contribution in [3.05, 3.63) is 24.3 Å². The van der Waals surface area contributed by atoms with Crippen molar-refractivity contribution in [3.8, 4) is 0 Å². The molecule has 0 saturated carbocycles. The highest BCUT2D eigenvalue weighted by atomic mass is 16.3. The molecule has 0 aromatic rings. The summed E-state index contributed by atoms with van der Waals surface area (Å²) in [5, 5.41) is 18.6. The van der Waals surface area contributed by atoms with Crippen LogP contribution in [0.2, 0.25) is 0 Å². The SMILES string of the molecule is C=C(C)C(O)CCC(O)C(=C)C. The lowest BCUT2D eigenvalue weighted by Gasteiger charge is -2.13. The molecule has 2 nitrogen and oxygen atoms in total. The van der Waals surface area contributed by atoms with E-state index in [9.17, 15) is 10.2 Å². The van der Waals surface area contributed by atoms with Crippen molar-refractivity contribution in [2.75, 3.05) is 0 Å². The van der Waals surface area contributed by atoms with Crippen molar-refractivity contribution in [1.82, 2.24) is 0 Å². The van der Waals surface area contributed by atoms with Crippen LogP contribution in [0.3, 0.4) is 0 Å². The highest BCUT2D eigenvalue weighted by Crippen LogP contribution is 2.11. The maximum Gasteiger partial charge on any atom is 0.0745 e. The van der Waals surface area contributed by atoms with Crippen LogP contribution in [0.15, 0.2) is 24.3 Å². The van der Waals surface area contributed by atoms with Gasteiger partial charge in [0.25, 0.3) is 0 Å². The number of hydrogen-bond acceptors (Lipinski definition) is 2. The van der Waals surface area contributed by atoms with Crippen molar-refractivity contribution in [2.24, 2.45) is 0 Å². The van der Waals surface area contributed by atoms with E-state index in [-0.39, 0.29) is 0 Å². The van der Waals surface area contributed by atoms with E-state index in [1.165, 1.54) is 0 Å². The molecule has 0 heterocycles. The van der Waals surface area contributed by atoms with E-state index in [4.69, 9.17) is 0 Å². The van der Waals surface area contributed by atoms with E-state index in [0.717, 1.165) is 11.1 Å². The number of aliphatic hydroxyl groups is 2. The summed E-state index contributed by atoms with van der Waals surface area (Å²) in [7, 11) is 0. The monoisotopic (exact) mass is 170 g/mol. The third-order valence-electron chi connectivity index (χ3n) is 1.85. The molecule has 0 amide bonds. The first-order chi connectivity index (χ1) is 5.45. The first kappa shape index (κ1) is 11.4. The Labute approximate surface area is 74.2 Å². The molecule has 0 radical (unpaired) electrons. The van der Waals surface area contributed by atoms with Crippen LogP contribution < -0.4 is 0 Å². The zero-order valence-corrected chi connectivity index (χ0v) is 7.88. The third-order valence-corrected chi connectivity index (χ3v) is 1.85. The zero-order chi connectivity index (χ0) is 9.72. The second kappa shape index (κ2) is 5.12. The number of hydrogen-bond donors (Lipinski definition) is 2. The van der Waals surface area contributed by atoms with Crippen LogP contribution in [0.25, 0.3) is 0 Å². The lowest BCUT2D eigenvalue weighted by atomic mass is 10.0. The first-order valence-corrected chi connectivity index (χ1v) is 4.12. The third kappa shape index (κ3) is 4.31. The average Bonchev–Trinajstić information content (AvgIpc) is 1.98. The highest BCUT2D eigenvalue weighted by molar-refractivity contribution is 5.00. The van der Waals surface area contributed by atoms with Crippen LogP contribution >= 0.6 is 0 Å². The summed E-state index contributed by atoms with van der Waals surface area (Å²) in [6.07, 6.45) is 0.0881. The predicted octanol–water partition coefficient (Wildman–Crippen LogP) is 1.64. The van der Waals surface area contributed by atoms with Gasteiger partial charge in [-0.15, -0.1) is 0 Å². The largest absolute Gasteiger partial charge is 0.389 e. The maximum atomic E-state index is 9.32. The molecule has 0 aliphatic rings. The molecule has 12 heavy (non-hydrogen) atoms. The Morgan fingerprint density at radius 2 is 1.25 bits per heavy atom. The lowest BCUT2D eigenvalue weighted by Crippen LogP contribution is -2.14. The molecule has 2 atom stereocenters. The molecule has 70 valence electrons. The van der Waals surface area contributed by atoms with E-state index >= 15 is 0 Å². The molecule has 0 aromatic carbocycles. The van der Waals surface area contributed by atoms with Gasteiger partial charge in [-0.05, 0) is 26.7 Å². The maximum absolute atomic E-state index is 9.32. The van der Waals surface area contributed by atoms with Gasteiger partial charge in [-0.1, -0.05) is 24.3 Å². The van der Waals surface area contributed by atoms with Gasteiger partial charge in [-0.25, -0.2) is 0 Å². The summed E-state index contributed by atoms with van der Waals surface area (Å²) < 4.78 is 0. The van der Waals surface area contributed by atoms with Gasteiger partial charge in [0, 0.05) is 0 Å². The van der Waals surface area contributed by atoms with Crippen LogP contribution in [-0.4, -0.2) is 22.4 Å². The molecule has 0 aromatic heterocycles. The fraction of sp³-hybridized carbons (Fsp3) is 0.600. The standard InChI is InChI=1S/C10H18O2/c1-7(2)9(11)5-6-10(12)8(3)4/h9-12H,1,3,5-6H2,2,4H3. The molecule has 0 saturated heterocycles. The number of aliphatic hydroxyl groups excluding tert-OH is 2. The quantitative estimate of drug-likeness (QED) is 0.616. The second-order valence-corrected chi connectivity index (χ2v) is 3.30. The van der Waals surface area contributed by atoms with E-state index in [2.05, 4.69) is 13.2 Å². The normalized spacial score (nSPS) is 15.3. The van der Waals surface area contributed by atoms with Gasteiger partial charge in [-0.3, -0.25) is 0 Å². The van der Waals surface area contributed by atoms with E-state index < -0.39 is 12.2 Å². The van der Waals surface area contributed by atoms with Crippen molar-refractivity contribution in [1.29, 1.82) is 0 Å². The molecule has 0 aliphatic heterocycles. The van der Waals surface area contributed by atoms with Crippen LogP contribution in [0.5, 0.6) is 0 Å². The fourth-order valence-electron chi connectivity index (χ4n) is 0.809. The van der Waals surface area contributed by atoms with Gasteiger partial charge in [0.05, 0.1) is 12.2 Å². The Balaban J connectivity index is 3.68. The summed E-state index contributed by atoms with van der Waals surface area (Å²) >= 11 is 0. The number of rotatable bonds is 5. The molecule has 0 rings (SSSR count). The Hall–Kier alpha value is -0.600. The predicted molar refractivity (Wildman–Crippen MR) is 50.9 cm³/mol. The molecule has 0 bridgehead atoms. The summed E-state index contributed by atoms with van der Waals surface area (Å²) in [5.74, 6) is 0. The van der Waals surface area contributed by atoms with Crippen LogP contribution in [0.1, 0.15) is 26.7 Å². The molecular formula is C10H18O2. The van der Waals surface area contributed by atoms with Crippen LogP contribution in [0, 0.1) is 0 Å². The molecule has 2 N–H and O–H groups in total. The Bertz CT molecular complexity index is 153. The van der Waals surface area contributed by atoms with Crippen molar-refractivity contribution in [3.63, 3.8) is 0 Å². The summed E-state index contributed by atoms with van der Waals surface area (Å²) in [6, 6.07) is 0. The van der Waals surface area contributed by atoms with Crippen molar-refractivity contribution in [2.45, 2.75) is 38.9 Å². The lowest BCUT2D eigenvalue weighted by molar-refractivity contribution is 0.150. The van der Waals surface area contributed by atoms with Gasteiger partial charge in [-0.2, -0.15) is 0 Å². The molecule has 0 spiro atoms. The van der Waals surface area contributed by atoms with Crippen LogP contribution in [-0.2, 0) is 0 Å². The minimum absolute atomic E-state index is 0.501. The summed E-state index contributed by atoms with van der Waals surface area (Å²) in [5.41, 5.74) is 1.48. The molecule has 0 aliphatic carbocycles. The highest BCUT2D eigenvalue weighted by Gasteiger charge is 2.09. The van der Waals surface area contributed by atoms with Crippen molar-refractivity contribution >= 4 is 0 Å². The molecule has 2 unspecified atom stereocenters. The minimum atomic E-state index is -0.501. The van der Waals surface area contributed by atoms with E-state index in [1.54, 1.807) is 13.8 Å². The van der Waals surface area contributed by atoms with Gasteiger partial charge >= 0.3 is 0 Å². The van der Waals surface area contributed by atoms with Crippen LogP contribution in [0.4, 0.5) is 0 Å².